The minimum absolute atomic E-state index is 0.130. The highest BCUT2D eigenvalue weighted by molar-refractivity contribution is 6.35. The van der Waals surface area contributed by atoms with Gasteiger partial charge < -0.3 is 4.74 Å². The first-order valence-corrected chi connectivity index (χ1v) is 8.27. The van der Waals surface area contributed by atoms with Gasteiger partial charge in [0.25, 0.3) is 5.91 Å². The molecule has 22 heavy (non-hydrogen) atoms. The molecule has 3 atom stereocenters. The first kappa shape index (κ1) is 15.6. The number of hydrogen-bond donors (Lipinski definition) is 1. The highest BCUT2D eigenvalue weighted by Gasteiger charge is 2.38. The smallest absolute Gasteiger partial charge is 0.277 e. The second-order valence-electron chi connectivity index (χ2n) is 6.02. The maximum atomic E-state index is 11.7. The molecule has 0 aliphatic heterocycles. The lowest BCUT2D eigenvalue weighted by molar-refractivity contribution is -0.123. The summed E-state index contributed by atoms with van der Waals surface area (Å²) >= 11 is 11.8. The van der Waals surface area contributed by atoms with Crippen LogP contribution in [0.2, 0.25) is 10.0 Å². The van der Waals surface area contributed by atoms with E-state index in [1.165, 1.54) is 25.7 Å². The van der Waals surface area contributed by atoms with Crippen LogP contribution in [0.1, 0.15) is 25.7 Å². The second kappa shape index (κ2) is 6.88. The molecule has 0 radical (unpaired) electrons. The Labute approximate surface area is 139 Å². The summed E-state index contributed by atoms with van der Waals surface area (Å²) in [4.78, 5) is 11.7. The fourth-order valence-electron chi connectivity index (χ4n) is 3.45. The molecule has 3 unspecified atom stereocenters. The summed E-state index contributed by atoms with van der Waals surface area (Å²) in [7, 11) is 0. The Balaban J connectivity index is 1.43. The molecular weight excluding hydrogens is 323 g/mol. The minimum Gasteiger partial charge on any atom is -0.482 e. The van der Waals surface area contributed by atoms with Crippen LogP contribution in [0.15, 0.2) is 23.3 Å². The largest absolute Gasteiger partial charge is 0.482 e. The molecule has 2 saturated carbocycles. The number of nitrogens with one attached hydrogen (secondary N) is 1. The second-order valence-corrected chi connectivity index (χ2v) is 6.86. The predicted octanol–water partition coefficient (Wildman–Crippen LogP) is 3.91. The Kier molecular flexibility index (Phi) is 4.89. The van der Waals surface area contributed by atoms with Crippen molar-refractivity contribution in [2.75, 3.05) is 6.61 Å². The average Bonchev–Trinajstić information content (AvgIpc) is 3.09. The Hall–Kier alpha value is -1.26. The van der Waals surface area contributed by atoms with Gasteiger partial charge in [-0.15, -0.1) is 0 Å². The van der Waals surface area contributed by atoms with Crippen LogP contribution < -0.4 is 10.2 Å². The van der Waals surface area contributed by atoms with Crippen molar-refractivity contribution in [2.24, 2.45) is 22.9 Å². The predicted molar refractivity (Wildman–Crippen MR) is 87.5 cm³/mol. The Morgan fingerprint density at radius 3 is 2.91 bits per heavy atom. The van der Waals surface area contributed by atoms with Gasteiger partial charge in [0.05, 0.1) is 5.02 Å². The lowest BCUT2D eigenvalue weighted by atomic mass is 9.90. The third-order valence-electron chi connectivity index (χ3n) is 4.50. The monoisotopic (exact) mass is 340 g/mol. The third kappa shape index (κ3) is 3.73. The van der Waals surface area contributed by atoms with E-state index in [0.717, 1.165) is 11.8 Å². The van der Waals surface area contributed by atoms with Gasteiger partial charge in [0, 0.05) is 11.2 Å². The van der Waals surface area contributed by atoms with E-state index in [1.807, 2.05) is 6.21 Å². The molecular formula is C16H18Cl2N2O2. The van der Waals surface area contributed by atoms with Gasteiger partial charge in [-0.1, -0.05) is 29.6 Å². The molecule has 6 heteroatoms. The van der Waals surface area contributed by atoms with E-state index in [4.69, 9.17) is 27.9 Å². The first-order valence-electron chi connectivity index (χ1n) is 7.51. The summed E-state index contributed by atoms with van der Waals surface area (Å²) in [5.41, 5.74) is 2.51. The summed E-state index contributed by atoms with van der Waals surface area (Å²) in [6.07, 6.45) is 7.07. The van der Waals surface area contributed by atoms with Crippen molar-refractivity contribution in [3.8, 4) is 5.75 Å². The van der Waals surface area contributed by atoms with Gasteiger partial charge in [-0.3, -0.25) is 4.79 Å². The van der Waals surface area contributed by atoms with Crippen molar-refractivity contribution >= 4 is 35.3 Å². The van der Waals surface area contributed by atoms with Crippen LogP contribution in [-0.2, 0) is 4.79 Å². The number of nitrogens with zero attached hydrogens (tertiary/aromatic N) is 1. The number of ether oxygens (including phenoxy) is 1. The van der Waals surface area contributed by atoms with E-state index in [2.05, 4.69) is 10.5 Å². The Morgan fingerprint density at radius 1 is 1.36 bits per heavy atom. The molecule has 2 aliphatic carbocycles. The number of carbonyl (C=O) groups is 1. The summed E-state index contributed by atoms with van der Waals surface area (Å²) in [5, 5.41) is 4.97. The summed E-state index contributed by atoms with van der Waals surface area (Å²) < 4.78 is 5.35. The van der Waals surface area contributed by atoms with Gasteiger partial charge in [-0.25, -0.2) is 5.43 Å². The number of halogens is 2. The van der Waals surface area contributed by atoms with Crippen LogP contribution in [0.3, 0.4) is 0 Å². The van der Waals surface area contributed by atoms with Crippen LogP contribution in [-0.4, -0.2) is 18.7 Å². The maximum absolute atomic E-state index is 11.7. The Morgan fingerprint density at radius 2 is 2.23 bits per heavy atom. The van der Waals surface area contributed by atoms with Crippen molar-refractivity contribution in [2.45, 2.75) is 25.7 Å². The molecule has 4 nitrogen and oxygen atoms in total. The zero-order chi connectivity index (χ0) is 15.5. The topological polar surface area (TPSA) is 50.7 Å². The molecule has 2 fully saturated rings. The molecule has 0 heterocycles. The van der Waals surface area contributed by atoms with Crippen molar-refractivity contribution in [3.05, 3.63) is 28.2 Å². The van der Waals surface area contributed by atoms with Gasteiger partial charge in [-0.05, 0) is 55.2 Å². The van der Waals surface area contributed by atoms with Crippen LogP contribution in [0.4, 0.5) is 0 Å². The molecule has 0 spiro atoms. The molecule has 1 aromatic rings. The lowest BCUT2D eigenvalue weighted by Crippen LogP contribution is -2.25. The molecule has 2 aliphatic rings. The van der Waals surface area contributed by atoms with Crippen molar-refractivity contribution in [1.82, 2.24) is 5.43 Å². The lowest BCUT2D eigenvalue weighted by Gasteiger charge is -2.16. The molecule has 0 saturated heterocycles. The molecule has 1 N–H and O–H groups in total. The molecule has 0 aromatic heterocycles. The van der Waals surface area contributed by atoms with Gasteiger partial charge in [0.2, 0.25) is 0 Å². The van der Waals surface area contributed by atoms with E-state index >= 15 is 0 Å². The van der Waals surface area contributed by atoms with Crippen molar-refractivity contribution < 1.29 is 9.53 Å². The summed E-state index contributed by atoms with van der Waals surface area (Å²) in [6, 6.07) is 4.87. The molecule has 118 valence electrons. The number of hydrazone groups is 1. The van der Waals surface area contributed by atoms with Gasteiger partial charge in [-0.2, -0.15) is 5.10 Å². The molecule has 1 aromatic carbocycles. The number of fused-ring (bicyclic) bond motifs is 2. The van der Waals surface area contributed by atoms with Crippen LogP contribution in [0, 0.1) is 17.8 Å². The fourth-order valence-corrected chi connectivity index (χ4v) is 3.91. The highest BCUT2D eigenvalue weighted by atomic mass is 35.5. The number of amides is 1. The zero-order valence-corrected chi connectivity index (χ0v) is 13.6. The summed E-state index contributed by atoms with van der Waals surface area (Å²) in [5.74, 6) is 2.27. The normalized spacial score (nSPS) is 26.5. The molecule has 1 amide bonds. The zero-order valence-electron chi connectivity index (χ0n) is 12.1. The van der Waals surface area contributed by atoms with E-state index in [0.29, 0.717) is 21.7 Å². The first-order chi connectivity index (χ1) is 10.6. The quantitative estimate of drug-likeness (QED) is 0.652. The summed E-state index contributed by atoms with van der Waals surface area (Å²) in [6.45, 7) is -0.130. The Bertz CT molecular complexity index is 592. The SMILES string of the molecule is O=C(COc1ccc(Cl)cc1Cl)N/N=C/C1CC2CCC1C2. The maximum Gasteiger partial charge on any atom is 0.277 e. The average molecular weight is 341 g/mol. The fraction of sp³-hybridized carbons (Fsp3) is 0.500. The van der Waals surface area contributed by atoms with Crippen molar-refractivity contribution in [1.29, 1.82) is 0 Å². The number of hydrogen-bond acceptors (Lipinski definition) is 3. The van der Waals surface area contributed by atoms with Crippen LogP contribution >= 0.6 is 23.2 Å². The standard InChI is InChI=1S/C16H18Cl2N2O2/c17-13-3-4-15(14(18)7-13)22-9-16(21)20-19-8-12-6-10-1-2-11(12)5-10/h3-4,7-8,10-12H,1-2,5-6,9H2,(H,20,21)/b19-8+. The number of benzene rings is 1. The molecule has 2 bridgehead atoms. The minimum atomic E-state index is -0.301. The third-order valence-corrected chi connectivity index (χ3v) is 5.03. The van der Waals surface area contributed by atoms with E-state index in [1.54, 1.807) is 18.2 Å². The van der Waals surface area contributed by atoms with Gasteiger partial charge >= 0.3 is 0 Å². The highest BCUT2D eigenvalue weighted by Crippen LogP contribution is 2.47. The number of rotatable bonds is 5. The van der Waals surface area contributed by atoms with Gasteiger partial charge in [0.15, 0.2) is 6.61 Å². The number of carbonyl (C=O) groups excluding carboxylic acids is 1. The van der Waals surface area contributed by atoms with Crippen molar-refractivity contribution in [3.63, 3.8) is 0 Å². The van der Waals surface area contributed by atoms with Crippen LogP contribution in [0.5, 0.6) is 5.75 Å². The van der Waals surface area contributed by atoms with E-state index in [-0.39, 0.29) is 12.5 Å². The van der Waals surface area contributed by atoms with E-state index < -0.39 is 0 Å². The van der Waals surface area contributed by atoms with E-state index in [9.17, 15) is 4.79 Å². The molecule has 3 rings (SSSR count). The van der Waals surface area contributed by atoms with Crippen LogP contribution in [0.25, 0.3) is 0 Å². The van der Waals surface area contributed by atoms with Gasteiger partial charge in [0.1, 0.15) is 5.75 Å².